The number of nitrogens with one attached hydrogen (secondary N) is 1. The van der Waals surface area contributed by atoms with E-state index in [2.05, 4.69) is 44.3 Å². The van der Waals surface area contributed by atoms with Crippen LogP contribution < -0.4 is 5.32 Å². The molecule has 1 aromatic carbocycles. The normalized spacial score (nSPS) is 24.7. The van der Waals surface area contributed by atoms with Crippen molar-refractivity contribution in [1.29, 1.82) is 0 Å². The van der Waals surface area contributed by atoms with Gasteiger partial charge in [0.25, 0.3) is 0 Å². The van der Waals surface area contributed by atoms with Gasteiger partial charge < -0.3 is 10.1 Å². The number of ether oxygens (including phenoxy) is 1. The van der Waals surface area contributed by atoms with Crippen LogP contribution in [0.2, 0.25) is 0 Å². The number of anilines is 1. The molecule has 1 heterocycles. The molecule has 1 aliphatic heterocycles. The third kappa shape index (κ3) is 2.76. The molecule has 2 atom stereocenters. The van der Waals surface area contributed by atoms with Crippen molar-refractivity contribution in [3.63, 3.8) is 0 Å². The van der Waals surface area contributed by atoms with Gasteiger partial charge in [-0.2, -0.15) is 0 Å². The minimum absolute atomic E-state index is 0.386. The van der Waals surface area contributed by atoms with E-state index in [0.717, 1.165) is 6.54 Å². The fraction of sp³-hybridized carbons (Fsp3) is 0.571. The topological polar surface area (TPSA) is 21.3 Å². The van der Waals surface area contributed by atoms with Crippen molar-refractivity contribution in [1.82, 2.24) is 0 Å². The first-order valence-electron chi connectivity index (χ1n) is 6.12. The maximum absolute atomic E-state index is 5.77. The molecule has 1 N–H and O–H groups in total. The highest BCUT2D eigenvalue weighted by Crippen LogP contribution is 2.20. The van der Waals surface area contributed by atoms with Crippen LogP contribution in [0.25, 0.3) is 0 Å². The van der Waals surface area contributed by atoms with Gasteiger partial charge in [-0.25, -0.2) is 0 Å². The van der Waals surface area contributed by atoms with E-state index in [1.807, 2.05) is 0 Å². The number of benzene rings is 1. The molecule has 1 saturated heterocycles. The molecule has 1 fully saturated rings. The quantitative estimate of drug-likeness (QED) is 0.842. The van der Waals surface area contributed by atoms with Crippen LogP contribution >= 0.6 is 0 Å². The Morgan fingerprint density at radius 3 is 2.69 bits per heavy atom. The van der Waals surface area contributed by atoms with Gasteiger partial charge in [0.2, 0.25) is 0 Å². The van der Waals surface area contributed by atoms with E-state index in [0.29, 0.717) is 12.2 Å². The van der Waals surface area contributed by atoms with E-state index in [1.54, 1.807) is 0 Å². The maximum Gasteiger partial charge on any atom is 0.0751 e. The minimum atomic E-state index is 0.386. The summed E-state index contributed by atoms with van der Waals surface area (Å²) < 4.78 is 5.77. The average Bonchev–Trinajstić information content (AvgIpc) is 2.66. The minimum Gasteiger partial charge on any atom is -0.382 e. The first-order chi connectivity index (χ1) is 7.65. The molecule has 0 bridgehead atoms. The highest BCUT2D eigenvalue weighted by atomic mass is 16.5. The van der Waals surface area contributed by atoms with Crippen LogP contribution in [-0.4, -0.2) is 18.8 Å². The predicted molar refractivity (Wildman–Crippen MR) is 68.0 cm³/mol. The zero-order chi connectivity index (χ0) is 11.5. The van der Waals surface area contributed by atoms with Crippen LogP contribution in [0.15, 0.2) is 18.2 Å². The molecule has 0 saturated carbocycles. The van der Waals surface area contributed by atoms with Crippen LogP contribution in [0.5, 0.6) is 0 Å². The number of hydrogen-bond acceptors (Lipinski definition) is 2. The van der Waals surface area contributed by atoms with Crippen molar-refractivity contribution >= 4 is 5.69 Å². The van der Waals surface area contributed by atoms with Crippen molar-refractivity contribution in [2.75, 3.05) is 11.9 Å². The predicted octanol–water partition coefficient (Wildman–Crippen LogP) is 3.28. The summed E-state index contributed by atoms with van der Waals surface area (Å²) in [7, 11) is 0. The maximum atomic E-state index is 5.77. The van der Waals surface area contributed by atoms with Gasteiger partial charge in [-0.15, -0.1) is 0 Å². The van der Waals surface area contributed by atoms with Crippen molar-refractivity contribution < 1.29 is 4.74 Å². The molecule has 2 unspecified atom stereocenters. The van der Waals surface area contributed by atoms with E-state index in [4.69, 9.17) is 4.74 Å². The van der Waals surface area contributed by atoms with Gasteiger partial charge >= 0.3 is 0 Å². The third-order valence-corrected chi connectivity index (χ3v) is 3.36. The molecule has 2 heteroatoms. The lowest BCUT2D eigenvalue weighted by atomic mass is 10.1. The second-order valence-corrected chi connectivity index (χ2v) is 4.83. The molecule has 0 amide bonds. The van der Waals surface area contributed by atoms with E-state index in [1.165, 1.54) is 29.7 Å². The molecule has 1 aliphatic rings. The van der Waals surface area contributed by atoms with Crippen molar-refractivity contribution in [2.24, 2.45) is 0 Å². The molecule has 0 spiro atoms. The Morgan fingerprint density at radius 2 is 2.06 bits per heavy atom. The zero-order valence-electron chi connectivity index (χ0n) is 10.4. The second-order valence-electron chi connectivity index (χ2n) is 4.83. The Bertz CT molecular complexity index is 362. The SMILES string of the molecule is Cc1ccc(NCC2CCC(C)O2)cc1C. The lowest BCUT2D eigenvalue weighted by Gasteiger charge is -2.14. The number of aryl methyl sites for hydroxylation is 2. The lowest BCUT2D eigenvalue weighted by Crippen LogP contribution is -2.19. The summed E-state index contributed by atoms with van der Waals surface area (Å²) in [5.41, 5.74) is 3.88. The number of rotatable bonds is 3. The number of hydrogen-bond donors (Lipinski definition) is 1. The average molecular weight is 219 g/mol. The van der Waals surface area contributed by atoms with Gasteiger partial charge in [-0.3, -0.25) is 0 Å². The standard InChI is InChI=1S/C14H21NO/c1-10-4-6-13(8-11(10)2)15-9-14-7-5-12(3)16-14/h4,6,8,12,14-15H,5,7,9H2,1-3H3. The summed E-state index contributed by atoms with van der Waals surface area (Å²) in [5.74, 6) is 0. The van der Waals surface area contributed by atoms with Crippen LogP contribution in [0.1, 0.15) is 30.9 Å². The first-order valence-corrected chi connectivity index (χ1v) is 6.12. The third-order valence-electron chi connectivity index (χ3n) is 3.36. The van der Waals surface area contributed by atoms with Crippen molar-refractivity contribution in [2.45, 2.75) is 45.8 Å². The van der Waals surface area contributed by atoms with Gasteiger partial charge in [0.1, 0.15) is 0 Å². The van der Waals surface area contributed by atoms with E-state index in [9.17, 15) is 0 Å². The van der Waals surface area contributed by atoms with Gasteiger partial charge in [-0.1, -0.05) is 6.07 Å². The molecule has 0 aliphatic carbocycles. The van der Waals surface area contributed by atoms with Gasteiger partial charge in [-0.05, 0) is 56.9 Å². The fourth-order valence-electron chi connectivity index (χ4n) is 2.12. The zero-order valence-corrected chi connectivity index (χ0v) is 10.4. The van der Waals surface area contributed by atoms with Crippen LogP contribution in [0, 0.1) is 13.8 Å². The van der Waals surface area contributed by atoms with Gasteiger partial charge in [0.05, 0.1) is 12.2 Å². The van der Waals surface area contributed by atoms with E-state index in [-0.39, 0.29) is 0 Å². The summed E-state index contributed by atoms with van der Waals surface area (Å²) in [6.45, 7) is 7.36. The van der Waals surface area contributed by atoms with Crippen molar-refractivity contribution in [3.8, 4) is 0 Å². The first kappa shape index (κ1) is 11.5. The van der Waals surface area contributed by atoms with Crippen LogP contribution in [0.4, 0.5) is 5.69 Å². The summed E-state index contributed by atoms with van der Waals surface area (Å²) >= 11 is 0. The molecular formula is C14H21NO. The summed E-state index contributed by atoms with van der Waals surface area (Å²) in [5, 5.41) is 3.45. The smallest absolute Gasteiger partial charge is 0.0751 e. The van der Waals surface area contributed by atoms with Crippen molar-refractivity contribution in [3.05, 3.63) is 29.3 Å². The second kappa shape index (κ2) is 4.88. The van der Waals surface area contributed by atoms with E-state index >= 15 is 0 Å². The molecule has 2 rings (SSSR count). The Labute approximate surface area is 98.0 Å². The Balaban J connectivity index is 1.87. The Kier molecular flexibility index (Phi) is 3.49. The van der Waals surface area contributed by atoms with Gasteiger partial charge in [0.15, 0.2) is 0 Å². The van der Waals surface area contributed by atoms with Gasteiger partial charge in [0, 0.05) is 12.2 Å². The lowest BCUT2D eigenvalue weighted by molar-refractivity contribution is 0.0637. The molecular weight excluding hydrogens is 198 g/mol. The molecule has 0 radical (unpaired) electrons. The highest BCUT2D eigenvalue weighted by Gasteiger charge is 2.21. The molecule has 1 aromatic rings. The molecule has 16 heavy (non-hydrogen) atoms. The molecule has 2 nitrogen and oxygen atoms in total. The summed E-state index contributed by atoms with van der Waals surface area (Å²) in [6, 6.07) is 6.50. The molecule has 88 valence electrons. The Hall–Kier alpha value is -1.02. The highest BCUT2D eigenvalue weighted by molar-refractivity contribution is 5.48. The monoisotopic (exact) mass is 219 g/mol. The molecule has 0 aromatic heterocycles. The van der Waals surface area contributed by atoms with Crippen LogP contribution in [0.3, 0.4) is 0 Å². The van der Waals surface area contributed by atoms with Crippen LogP contribution in [-0.2, 0) is 4.74 Å². The van der Waals surface area contributed by atoms with E-state index < -0.39 is 0 Å². The largest absolute Gasteiger partial charge is 0.382 e. The Morgan fingerprint density at radius 1 is 1.25 bits per heavy atom. The fourth-order valence-corrected chi connectivity index (χ4v) is 2.12. The summed E-state index contributed by atoms with van der Waals surface area (Å²) in [4.78, 5) is 0. The summed E-state index contributed by atoms with van der Waals surface area (Å²) in [6.07, 6.45) is 3.20.